The fourth-order valence-corrected chi connectivity index (χ4v) is 3.54. The number of amides is 1. The SMILES string of the molecule is CN(C(=O)c1cccc2ccccc12)c1nnc(-c2ccccc2)s1. The van der Waals surface area contributed by atoms with Crippen LogP contribution in [0.25, 0.3) is 21.3 Å². The van der Waals surface area contributed by atoms with Gasteiger partial charge in [-0.3, -0.25) is 9.69 Å². The van der Waals surface area contributed by atoms with Crippen molar-refractivity contribution in [3.63, 3.8) is 0 Å². The summed E-state index contributed by atoms with van der Waals surface area (Å²) in [6.45, 7) is 0. The summed E-state index contributed by atoms with van der Waals surface area (Å²) >= 11 is 1.41. The number of aromatic nitrogens is 2. The molecule has 4 nitrogen and oxygen atoms in total. The van der Waals surface area contributed by atoms with E-state index in [4.69, 9.17) is 0 Å². The minimum absolute atomic E-state index is 0.0902. The molecule has 0 aliphatic heterocycles. The van der Waals surface area contributed by atoms with Gasteiger partial charge in [-0.2, -0.15) is 0 Å². The monoisotopic (exact) mass is 345 g/mol. The van der Waals surface area contributed by atoms with E-state index < -0.39 is 0 Å². The first-order valence-electron chi connectivity index (χ1n) is 7.89. The second-order valence-electron chi connectivity index (χ2n) is 5.65. The third-order valence-electron chi connectivity index (χ3n) is 4.05. The topological polar surface area (TPSA) is 46.1 Å². The number of fused-ring (bicyclic) bond motifs is 1. The van der Waals surface area contributed by atoms with E-state index in [1.54, 1.807) is 11.9 Å². The van der Waals surface area contributed by atoms with Gasteiger partial charge in [0.25, 0.3) is 5.91 Å². The molecule has 0 saturated carbocycles. The van der Waals surface area contributed by atoms with Gasteiger partial charge < -0.3 is 0 Å². The van der Waals surface area contributed by atoms with Crippen molar-refractivity contribution in [1.29, 1.82) is 0 Å². The molecule has 3 aromatic carbocycles. The predicted molar refractivity (Wildman–Crippen MR) is 102 cm³/mol. The average molecular weight is 345 g/mol. The predicted octanol–water partition coefficient (Wildman–Crippen LogP) is 4.63. The standard InChI is InChI=1S/C20H15N3OS/c1-23(20-22-21-18(25-20)15-9-3-2-4-10-15)19(24)17-13-7-11-14-8-5-6-12-16(14)17/h2-13H,1H3. The van der Waals surface area contributed by atoms with Crippen molar-refractivity contribution in [1.82, 2.24) is 10.2 Å². The molecule has 4 rings (SSSR count). The summed E-state index contributed by atoms with van der Waals surface area (Å²) in [5, 5.41) is 11.8. The summed E-state index contributed by atoms with van der Waals surface area (Å²) in [6.07, 6.45) is 0. The number of nitrogens with zero attached hydrogens (tertiary/aromatic N) is 3. The molecule has 4 aromatic rings. The third kappa shape index (κ3) is 2.90. The Labute approximate surface area is 149 Å². The van der Waals surface area contributed by atoms with Gasteiger partial charge in [0, 0.05) is 18.2 Å². The largest absolute Gasteiger partial charge is 0.286 e. The Kier molecular flexibility index (Phi) is 3.99. The summed E-state index contributed by atoms with van der Waals surface area (Å²) in [7, 11) is 1.74. The Hall–Kier alpha value is -3.05. The number of carbonyl (C=O) groups excluding carboxylic acids is 1. The smallest absolute Gasteiger partial charge is 0.260 e. The second kappa shape index (κ2) is 6.45. The minimum Gasteiger partial charge on any atom is -0.286 e. The number of hydrogen-bond donors (Lipinski definition) is 0. The van der Waals surface area contributed by atoms with Crippen LogP contribution in [0.4, 0.5) is 5.13 Å². The molecule has 0 bridgehead atoms. The third-order valence-corrected chi connectivity index (χ3v) is 5.10. The molecular weight excluding hydrogens is 330 g/mol. The molecule has 0 atom stereocenters. The first kappa shape index (κ1) is 15.5. The molecule has 0 saturated heterocycles. The summed E-state index contributed by atoms with van der Waals surface area (Å²) in [6, 6.07) is 23.5. The fraction of sp³-hybridized carbons (Fsp3) is 0.0500. The lowest BCUT2D eigenvalue weighted by Gasteiger charge is -2.14. The zero-order valence-corrected chi connectivity index (χ0v) is 14.4. The fourth-order valence-electron chi connectivity index (χ4n) is 2.73. The van der Waals surface area contributed by atoms with E-state index in [1.807, 2.05) is 72.8 Å². The molecule has 122 valence electrons. The molecule has 1 amide bonds. The second-order valence-corrected chi connectivity index (χ2v) is 6.60. The van der Waals surface area contributed by atoms with Gasteiger partial charge in [0.15, 0.2) is 0 Å². The Bertz CT molecular complexity index is 1040. The molecule has 25 heavy (non-hydrogen) atoms. The van der Waals surface area contributed by atoms with E-state index >= 15 is 0 Å². The summed E-state index contributed by atoms with van der Waals surface area (Å²) in [4.78, 5) is 14.5. The number of carbonyl (C=O) groups is 1. The lowest BCUT2D eigenvalue weighted by Crippen LogP contribution is -2.26. The molecule has 0 spiro atoms. The Morgan fingerprint density at radius 2 is 1.60 bits per heavy atom. The van der Waals surface area contributed by atoms with Crippen molar-refractivity contribution >= 4 is 33.1 Å². The zero-order chi connectivity index (χ0) is 17.2. The Morgan fingerprint density at radius 1 is 0.880 bits per heavy atom. The van der Waals surface area contributed by atoms with Crippen LogP contribution in [0.15, 0.2) is 72.8 Å². The van der Waals surface area contributed by atoms with Crippen molar-refractivity contribution < 1.29 is 4.79 Å². The van der Waals surface area contributed by atoms with Crippen LogP contribution in [-0.4, -0.2) is 23.2 Å². The van der Waals surface area contributed by atoms with Crippen LogP contribution in [0, 0.1) is 0 Å². The quantitative estimate of drug-likeness (QED) is 0.544. The van der Waals surface area contributed by atoms with Crippen molar-refractivity contribution in [2.45, 2.75) is 0 Å². The first-order chi connectivity index (χ1) is 12.2. The van der Waals surface area contributed by atoms with E-state index in [2.05, 4.69) is 10.2 Å². The molecule has 1 heterocycles. The van der Waals surface area contributed by atoms with Gasteiger partial charge in [0.05, 0.1) is 0 Å². The normalized spacial score (nSPS) is 10.8. The van der Waals surface area contributed by atoms with Crippen molar-refractivity contribution in [2.75, 3.05) is 11.9 Å². The lowest BCUT2D eigenvalue weighted by molar-refractivity contribution is 0.0994. The molecule has 0 N–H and O–H groups in total. The number of rotatable bonds is 3. The molecule has 0 aliphatic rings. The van der Waals surface area contributed by atoms with Gasteiger partial charge >= 0.3 is 0 Å². The van der Waals surface area contributed by atoms with Gasteiger partial charge in [-0.1, -0.05) is 78.1 Å². The highest BCUT2D eigenvalue weighted by atomic mass is 32.1. The van der Waals surface area contributed by atoms with Gasteiger partial charge in [-0.25, -0.2) is 0 Å². The van der Waals surface area contributed by atoms with Gasteiger partial charge in [0.1, 0.15) is 5.01 Å². The van der Waals surface area contributed by atoms with Gasteiger partial charge in [0.2, 0.25) is 5.13 Å². The number of benzene rings is 3. The summed E-state index contributed by atoms with van der Waals surface area (Å²) < 4.78 is 0. The molecule has 0 radical (unpaired) electrons. The van der Waals surface area contributed by atoms with E-state index in [-0.39, 0.29) is 5.91 Å². The summed E-state index contributed by atoms with van der Waals surface area (Å²) in [5.41, 5.74) is 1.66. The van der Waals surface area contributed by atoms with E-state index in [1.165, 1.54) is 11.3 Å². The highest BCUT2D eigenvalue weighted by molar-refractivity contribution is 7.18. The van der Waals surface area contributed by atoms with E-state index in [0.29, 0.717) is 10.7 Å². The lowest BCUT2D eigenvalue weighted by atomic mass is 10.0. The number of anilines is 1. The van der Waals surface area contributed by atoms with E-state index in [0.717, 1.165) is 21.3 Å². The van der Waals surface area contributed by atoms with Crippen LogP contribution in [0.3, 0.4) is 0 Å². The van der Waals surface area contributed by atoms with E-state index in [9.17, 15) is 4.79 Å². The zero-order valence-electron chi connectivity index (χ0n) is 13.6. The van der Waals surface area contributed by atoms with Gasteiger partial charge in [-0.15, -0.1) is 10.2 Å². The van der Waals surface area contributed by atoms with Crippen molar-refractivity contribution in [3.8, 4) is 10.6 Å². The average Bonchev–Trinajstić information content (AvgIpc) is 3.17. The van der Waals surface area contributed by atoms with Crippen molar-refractivity contribution in [2.24, 2.45) is 0 Å². The Morgan fingerprint density at radius 3 is 2.44 bits per heavy atom. The van der Waals surface area contributed by atoms with Crippen LogP contribution in [0.5, 0.6) is 0 Å². The molecular formula is C20H15N3OS. The molecule has 1 aromatic heterocycles. The highest BCUT2D eigenvalue weighted by Crippen LogP contribution is 2.29. The maximum atomic E-state index is 13.0. The summed E-state index contributed by atoms with van der Waals surface area (Å²) in [5.74, 6) is -0.0902. The highest BCUT2D eigenvalue weighted by Gasteiger charge is 2.19. The van der Waals surface area contributed by atoms with Crippen LogP contribution in [0.1, 0.15) is 10.4 Å². The molecule has 0 unspecified atom stereocenters. The molecule has 0 aliphatic carbocycles. The molecule has 0 fully saturated rings. The molecule has 5 heteroatoms. The van der Waals surface area contributed by atoms with Gasteiger partial charge in [-0.05, 0) is 16.8 Å². The first-order valence-corrected chi connectivity index (χ1v) is 8.70. The maximum absolute atomic E-state index is 13.0. The minimum atomic E-state index is -0.0902. The van der Waals surface area contributed by atoms with Crippen LogP contribution >= 0.6 is 11.3 Å². The van der Waals surface area contributed by atoms with Crippen molar-refractivity contribution in [3.05, 3.63) is 78.4 Å². The number of hydrogen-bond acceptors (Lipinski definition) is 4. The maximum Gasteiger partial charge on any atom is 0.260 e. The Balaban J connectivity index is 1.68. The van der Waals surface area contributed by atoms with Crippen LogP contribution in [0.2, 0.25) is 0 Å². The van der Waals surface area contributed by atoms with Crippen LogP contribution in [-0.2, 0) is 0 Å². The van der Waals surface area contributed by atoms with Crippen LogP contribution < -0.4 is 4.90 Å².